The highest BCUT2D eigenvalue weighted by Gasteiger charge is 2.35. The Morgan fingerprint density at radius 3 is 2.50 bits per heavy atom. The number of rotatable bonds is 7. The van der Waals surface area contributed by atoms with E-state index in [2.05, 4.69) is 0 Å². The van der Waals surface area contributed by atoms with Crippen LogP contribution in [0.3, 0.4) is 0 Å². The molecular formula is C22H21Cl2NO4S. The summed E-state index contributed by atoms with van der Waals surface area (Å²) < 4.78 is 11.4. The van der Waals surface area contributed by atoms with Gasteiger partial charge in [0.05, 0.1) is 34.2 Å². The fourth-order valence-electron chi connectivity index (χ4n) is 2.84. The zero-order chi connectivity index (χ0) is 21.8. The Bertz CT molecular complexity index is 1010. The van der Waals surface area contributed by atoms with Crippen molar-refractivity contribution in [2.24, 2.45) is 0 Å². The number of thioether (sulfide) groups is 1. The van der Waals surface area contributed by atoms with Gasteiger partial charge in [-0.2, -0.15) is 0 Å². The summed E-state index contributed by atoms with van der Waals surface area (Å²) in [5.41, 5.74) is 1.47. The van der Waals surface area contributed by atoms with Gasteiger partial charge in [0.1, 0.15) is 0 Å². The molecule has 1 saturated heterocycles. The number of carbonyl (C=O) groups is 2. The maximum atomic E-state index is 12.8. The van der Waals surface area contributed by atoms with E-state index in [0.29, 0.717) is 33.1 Å². The molecule has 1 heterocycles. The second-order valence-electron chi connectivity index (χ2n) is 6.82. The van der Waals surface area contributed by atoms with E-state index in [1.54, 1.807) is 36.4 Å². The second-order valence-corrected chi connectivity index (χ2v) is 8.63. The Hall–Kier alpha value is -2.15. The third-order valence-electron chi connectivity index (χ3n) is 4.13. The molecule has 0 N–H and O–H groups in total. The first-order valence-electron chi connectivity index (χ1n) is 9.41. The number of ether oxygens (including phenoxy) is 2. The van der Waals surface area contributed by atoms with E-state index in [4.69, 9.17) is 32.7 Å². The molecule has 0 radical (unpaired) electrons. The minimum absolute atomic E-state index is 0.00734. The van der Waals surface area contributed by atoms with Crippen molar-refractivity contribution >= 4 is 52.2 Å². The molecule has 0 aromatic heterocycles. The van der Waals surface area contributed by atoms with Crippen LogP contribution < -0.4 is 9.47 Å². The number of benzene rings is 2. The largest absolute Gasteiger partial charge is 0.490 e. The van der Waals surface area contributed by atoms with Crippen LogP contribution in [0.4, 0.5) is 4.79 Å². The summed E-state index contributed by atoms with van der Waals surface area (Å²) in [5.74, 6) is 0.878. The van der Waals surface area contributed by atoms with E-state index < -0.39 is 0 Å². The maximum Gasteiger partial charge on any atom is 0.293 e. The van der Waals surface area contributed by atoms with E-state index in [1.807, 2.05) is 26.8 Å². The Labute approximate surface area is 189 Å². The normalized spacial score (nSPS) is 15.4. The molecule has 0 spiro atoms. The molecule has 158 valence electrons. The molecular weight excluding hydrogens is 445 g/mol. The van der Waals surface area contributed by atoms with Crippen molar-refractivity contribution in [2.75, 3.05) is 6.61 Å². The highest BCUT2D eigenvalue weighted by atomic mass is 35.5. The van der Waals surface area contributed by atoms with Gasteiger partial charge in [-0.3, -0.25) is 14.5 Å². The molecule has 5 nitrogen and oxygen atoms in total. The lowest BCUT2D eigenvalue weighted by molar-refractivity contribution is -0.123. The molecule has 30 heavy (non-hydrogen) atoms. The van der Waals surface area contributed by atoms with E-state index in [9.17, 15) is 9.59 Å². The highest BCUT2D eigenvalue weighted by Crippen LogP contribution is 2.36. The number of amides is 2. The number of carbonyl (C=O) groups excluding carboxylic acids is 2. The molecule has 0 atom stereocenters. The van der Waals surface area contributed by atoms with E-state index in [-0.39, 0.29) is 23.8 Å². The maximum absolute atomic E-state index is 12.8. The van der Waals surface area contributed by atoms with Crippen LogP contribution in [0.2, 0.25) is 10.0 Å². The third-order valence-corrected chi connectivity index (χ3v) is 5.77. The molecule has 1 aliphatic heterocycles. The van der Waals surface area contributed by atoms with Gasteiger partial charge in [-0.25, -0.2) is 0 Å². The number of hydrogen-bond acceptors (Lipinski definition) is 5. The first-order chi connectivity index (χ1) is 14.3. The Morgan fingerprint density at radius 1 is 1.07 bits per heavy atom. The van der Waals surface area contributed by atoms with Crippen molar-refractivity contribution in [1.82, 2.24) is 4.90 Å². The van der Waals surface area contributed by atoms with Crippen molar-refractivity contribution in [1.29, 1.82) is 0 Å². The van der Waals surface area contributed by atoms with Crippen LogP contribution in [0.25, 0.3) is 6.08 Å². The van der Waals surface area contributed by atoms with Crippen LogP contribution in [0.5, 0.6) is 11.5 Å². The summed E-state index contributed by atoms with van der Waals surface area (Å²) in [6.07, 6.45) is 1.69. The van der Waals surface area contributed by atoms with Gasteiger partial charge in [0.15, 0.2) is 11.5 Å². The predicted octanol–water partition coefficient (Wildman–Crippen LogP) is 6.42. The summed E-state index contributed by atoms with van der Waals surface area (Å²) in [6.45, 7) is 6.38. The van der Waals surface area contributed by atoms with Crippen molar-refractivity contribution in [2.45, 2.75) is 33.4 Å². The molecule has 1 fully saturated rings. The molecule has 2 amide bonds. The molecule has 0 aliphatic carbocycles. The van der Waals surface area contributed by atoms with E-state index in [1.165, 1.54) is 4.90 Å². The number of hydrogen-bond donors (Lipinski definition) is 0. The summed E-state index contributed by atoms with van der Waals surface area (Å²) in [4.78, 5) is 26.7. The third kappa shape index (κ3) is 5.31. The minimum Gasteiger partial charge on any atom is -0.490 e. The lowest BCUT2D eigenvalue weighted by Crippen LogP contribution is -2.27. The average Bonchev–Trinajstić information content (AvgIpc) is 2.94. The fraction of sp³-hybridized carbons (Fsp3) is 0.273. The summed E-state index contributed by atoms with van der Waals surface area (Å²) in [7, 11) is 0. The van der Waals surface area contributed by atoms with Gasteiger partial charge in [-0.15, -0.1) is 0 Å². The average molecular weight is 466 g/mol. The Morgan fingerprint density at radius 2 is 1.83 bits per heavy atom. The van der Waals surface area contributed by atoms with Gasteiger partial charge >= 0.3 is 0 Å². The van der Waals surface area contributed by atoms with Gasteiger partial charge in [0.25, 0.3) is 11.1 Å². The monoisotopic (exact) mass is 465 g/mol. The number of imide groups is 1. The minimum atomic E-state index is -0.350. The van der Waals surface area contributed by atoms with Crippen LogP contribution in [0, 0.1) is 0 Å². The van der Waals surface area contributed by atoms with Crippen LogP contribution >= 0.6 is 35.0 Å². The molecule has 3 rings (SSSR count). The van der Waals surface area contributed by atoms with Crippen molar-refractivity contribution in [3.8, 4) is 11.5 Å². The molecule has 1 aliphatic rings. The van der Waals surface area contributed by atoms with Crippen molar-refractivity contribution in [3.63, 3.8) is 0 Å². The summed E-state index contributed by atoms with van der Waals surface area (Å²) >= 11 is 12.9. The summed E-state index contributed by atoms with van der Waals surface area (Å²) in [5, 5.41) is 0.468. The number of nitrogens with zero attached hydrogens (tertiary/aromatic N) is 1. The smallest absolute Gasteiger partial charge is 0.293 e. The van der Waals surface area contributed by atoms with Crippen molar-refractivity contribution < 1.29 is 19.1 Å². The molecule has 0 saturated carbocycles. The van der Waals surface area contributed by atoms with Gasteiger partial charge in [0, 0.05) is 0 Å². The molecule has 0 unspecified atom stereocenters. The predicted molar refractivity (Wildman–Crippen MR) is 121 cm³/mol. The van der Waals surface area contributed by atoms with Gasteiger partial charge in [-0.05, 0) is 74.0 Å². The molecule has 0 bridgehead atoms. The van der Waals surface area contributed by atoms with Crippen LogP contribution in [0.1, 0.15) is 31.9 Å². The number of halogens is 2. The van der Waals surface area contributed by atoms with Gasteiger partial charge < -0.3 is 9.47 Å². The zero-order valence-corrected chi connectivity index (χ0v) is 19.1. The second kappa shape index (κ2) is 9.77. The van der Waals surface area contributed by atoms with Crippen LogP contribution in [-0.2, 0) is 11.3 Å². The van der Waals surface area contributed by atoms with Gasteiger partial charge in [-0.1, -0.05) is 35.3 Å². The van der Waals surface area contributed by atoms with Crippen LogP contribution in [0.15, 0.2) is 41.3 Å². The molecule has 2 aromatic carbocycles. The first-order valence-corrected chi connectivity index (χ1v) is 11.0. The van der Waals surface area contributed by atoms with E-state index >= 15 is 0 Å². The summed E-state index contributed by atoms with van der Waals surface area (Å²) in [6, 6.07) is 10.5. The lowest BCUT2D eigenvalue weighted by Gasteiger charge is -2.15. The Balaban J connectivity index is 1.82. The first kappa shape index (κ1) is 22.5. The topological polar surface area (TPSA) is 55.8 Å². The van der Waals surface area contributed by atoms with E-state index in [0.717, 1.165) is 22.9 Å². The molecule has 2 aromatic rings. The SMILES string of the molecule is CCOc1cc(/C=C2\SC(=O)N(Cc3ccc(Cl)c(Cl)c3)C2=O)ccc1OC(C)C. The zero-order valence-electron chi connectivity index (χ0n) is 16.8. The van der Waals surface area contributed by atoms with Crippen LogP contribution in [-0.4, -0.2) is 28.8 Å². The fourth-order valence-corrected chi connectivity index (χ4v) is 4.00. The lowest BCUT2D eigenvalue weighted by atomic mass is 10.1. The standard InChI is InChI=1S/C22H21Cl2NO4S/c1-4-28-19-10-14(6-8-18(19)29-13(2)3)11-20-21(26)25(22(27)30-20)12-15-5-7-16(23)17(24)9-15/h5-11,13H,4,12H2,1-3H3/b20-11-. The van der Waals surface area contributed by atoms with Gasteiger partial charge in [0.2, 0.25) is 0 Å². The van der Waals surface area contributed by atoms with Crippen molar-refractivity contribution in [3.05, 3.63) is 62.5 Å². The Kier molecular flexibility index (Phi) is 7.34. The highest BCUT2D eigenvalue weighted by molar-refractivity contribution is 8.18. The molecule has 8 heteroatoms. The quantitative estimate of drug-likeness (QED) is 0.441.